The number of furan rings is 1. The van der Waals surface area contributed by atoms with Crippen LogP contribution in [-0.2, 0) is 6.42 Å². The van der Waals surface area contributed by atoms with Crippen LogP contribution in [0.25, 0.3) is 0 Å². The van der Waals surface area contributed by atoms with Crippen molar-refractivity contribution in [3.8, 4) is 0 Å². The molecule has 0 aliphatic rings. The second-order valence-electron chi connectivity index (χ2n) is 3.49. The zero-order valence-electron chi connectivity index (χ0n) is 8.36. The maximum absolute atomic E-state index is 10.0. The maximum atomic E-state index is 10.0. The van der Waals surface area contributed by atoms with Gasteiger partial charge in [0.25, 0.3) is 0 Å². The Hall–Kier alpha value is -0.960. The lowest BCUT2D eigenvalue weighted by atomic mass is 10.0. The van der Waals surface area contributed by atoms with Crippen LogP contribution in [0.15, 0.2) is 41.2 Å². The zero-order valence-corrected chi connectivity index (χ0v) is 9.87. The first kappa shape index (κ1) is 11.5. The Morgan fingerprint density at radius 3 is 2.44 bits per heavy atom. The number of aliphatic hydroxyl groups excluding tert-OH is 1. The molecule has 0 spiro atoms. The quantitative estimate of drug-likeness (QED) is 0.905. The Labute approximate surface area is 103 Å². The molecule has 0 fully saturated rings. The summed E-state index contributed by atoms with van der Waals surface area (Å²) in [5.41, 5.74) is 1.47. The molecule has 2 rings (SSSR count). The molecule has 1 heterocycles. The highest BCUT2D eigenvalue weighted by atomic mass is 35.5. The van der Waals surface area contributed by atoms with Gasteiger partial charge < -0.3 is 9.52 Å². The molecular formula is C12H10Cl2O2. The fourth-order valence-corrected chi connectivity index (χ4v) is 2.21. The van der Waals surface area contributed by atoms with Gasteiger partial charge in [-0.2, -0.15) is 0 Å². The highest BCUT2D eigenvalue weighted by Crippen LogP contribution is 2.31. The third-order valence-electron chi connectivity index (χ3n) is 2.34. The van der Waals surface area contributed by atoms with E-state index < -0.39 is 6.10 Å². The maximum Gasteiger partial charge on any atom is 0.0935 e. The smallest absolute Gasteiger partial charge is 0.0935 e. The van der Waals surface area contributed by atoms with Crippen LogP contribution in [0.2, 0.25) is 10.0 Å². The van der Waals surface area contributed by atoms with Crippen LogP contribution in [0.4, 0.5) is 0 Å². The molecule has 0 radical (unpaired) electrons. The highest BCUT2D eigenvalue weighted by Gasteiger charge is 2.16. The summed E-state index contributed by atoms with van der Waals surface area (Å²) >= 11 is 12.0. The van der Waals surface area contributed by atoms with E-state index in [-0.39, 0.29) is 0 Å². The predicted molar refractivity (Wildman–Crippen MR) is 63.8 cm³/mol. The molecule has 84 valence electrons. The van der Waals surface area contributed by atoms with E-state index >= 15 is 0 Å². The molecule has 2 nitrogen and oxygen atoms in total. The zero-order chi connectivity index (χ0) is 11.5. The normalized spacial score (nSPS) is 12.7. The molecule has 1 atom stereocenters. The van der Waals surface area contributed by atoms with E-state index in [0.717, 1.165) is 5.56 Å². The van der Waals surface area contributed by atoms with E-state index in [1.165, 1.54) is 0 Å². The van der Waals surface area contributed by atoms with Crippen LogP contribution in [0.1, 0.15) is 17.2 Å². The molecule has 0 bridgehead atoms. The van der Waals surface area contributed by atoms with E-state index in [1.54, 1.807) is 36.8 Å². The number of benzene rings is 1. The fraction of sp³-hybridized carbons (Fsp3) is 0.167. The van der Waals surface area contributed by atoms with Crippen molar-refractivity contribution < 1.29 is 9.52 Å². The van der Waals surface area contributed by atoms with Gasteiger partial charge in [0.15, 0.2) is 0 Å². The summed E-state index contributed by atoms with van der Waals surface area (Å²) in [7, 11) is 0. The third-order valence-corrected chi connectivity index (χ3v) is 3.00. The van der Waals surface area contributed by atoms with Crippen LogP contribution in [0.3, 0.4) is 0 Å². The molecule has 1 aromatic heterocycles. The minimum atomic E-state index is -0.723. The molecule has 2 aromatic rings. The predicted octanol–water partition coefficient (Wildman–Crippen LogP) is 3.86. The van der Waals surface area contributed by atoms with E-state index in [1.807, 2.05) is 0 Å². The van der Waals surface area contributed by atoms with Crippen molar-refractivity contribution in [2.75, 3.05) is 0 Å². The van der Waals surface area contributed by atoms with Crippen LogP contribution in [0, 0.1) is 0 Å². The van der Waals surface area contributed by atoms with Crippen LogP contribution < -0.4 is 0 Å². The third kappa shape index (κ3) is 2.40. The van der Waals surface area contributed by atoms with Crippen molar-refractivity contribution in [3.05, 3.63) is 58.0 Å². The Bertz CT molecular complexity index is 446. The van der Waals surface area contributed by atoms with Gasteiger partial charge in [-0.3, -0.25) is 0 Å². The summed E-state index contributed by atoms with van der Waals surface area (Å²) in [6.07, 6.45) is 2.86. The van der Waals surface area contributed by atoms with Crippen molar-refractivity contribution in [1.29, 1.82) is 0 Å². The van der Waals surface area contributed by atoms with Gasteiger partial charge in [-0.05, 0) is 23.8 Å². The first-order chi connectivity index (χ1) is 7.68. The van der Waals surface area contributed by atoms with E-state index in [9.17, 15) is 5.11 Å². The summed E-state index contributed by atoms with van der Waals surface area (Å²) in [6.45, 7) is 0. The molecule has 4 heteroatoms. The van der Waals surface area contributed by atoms with Gasteiger partial charge in [-0.1, -0.05) is 29.3 Å². The SMILES string of the molecule is OC(Cc1ccoc1)c1c(Cl)cccc1Cl. The van der Waals surface area contributed by atoms with Gasteiger partial charge in [-0.25, -0.2) is 0 Å². The Kier molecular flexibility index (Phi) is 3.54. The minimum Gasteiger partial charge on any atom is -0.472 e. The molecule has 0 aliphatic heterocycles. The van der Waals surface area contributed by atoms with Gasteiger partial charge in [0, 0.05) is 22.0 Å². The van der Waals surface area contributed by atoms with Crippen molar-refractivity contribution in [1.82, 2.24) is 0 Å². The van der Waals surface area contributed by atoms with E-state index in [0.29, 0.717) is 22.0 Å². The van der Waals surface area contributed by atoms with Crippen LogP contribution in [0.5, 0.6) is 0 Å². The molecule has 0 aliphatic carbocycles. The average molecular weight is 257 g/mol. The second kappa shape index (κ2) is 4.91. The van der Waals surface area contributed by atoms with Gasteiger partial charge in [0.2, 0.25) is 0 Å². The van der Waals surface area contributed by atoms with Crippen molar-refractivity contribution >= 4 is 23.2 Å². The van der Waals surface area contributed by atoms with Crippen LogP contribution >= 0.6 is 23.2 Å². The highest BCUT2D eigenvalue weighted by molar-refractivity contribution is 6.36. The second-order valence-corrected chi connectivity index (χ2v) is 4.30. The molecule has 16 heavy (non-hydrogen) atoms. The molecule has 1 N–H and O–H groups in total. The molecule has 1 aromatic carbocycles. The van der Waals surface area contributed by atoms with Crippen LogP contribution in [-0.4, -0.2) is 5.11 Å². The molecular weight excluding hydrogens is 247 g/mol. The topological polar surface area (TPSA) is 33.4 Å². The summed E-state index contributed by atoms with van der Waals surface area (Å²) in [6, 6.07) is 6.97. The van der Waals surface area contributed by atoms with Crippen molar-refractivity contribution in [2.24, 2.45) is 0 Å². The largest absolute Gasteiger partial charge is 0.472 e. The summed E-state index contributed by atoms with van der Waals surface area (Å²) in [4.78, 5) is 0. The first-order valence-corrected chi connectivity index (χ1v) is 5.57. The molecule has 1 unspecified atom stereocenters. The Morgan fingerprint density at radius 1 is 1.19 bits per heavy atom. The lowest BCUT2D eigenvalue weighted by Gasteiger charge is -2.13. The monoisotopic (exact) mass is 256 g/mol. The number of hydrogen-bond acceptors (Lipinski definition) is 2. The van der Waals surface area contributed by atoms with E-state index in [4.69, 9.17) is 27.6 Å². The molecule has 0 saturated heterocycles. The van der Waals surface area contributed by atoms with Gasteiger partial charge >= 0.3 is 0 Å². The summed E-state index contributed by atoms with van der Waals surface area (Å²) in [5.74, 6) is 0. The number of rotatable bonds is 3. The van der Waals surface area contributed by atoms with Gasteiger partial charge in [-0.15, -0.1) is 0 Å². The molecule has 0 amide bonds. The number of hydrogen-bond donors (Lipinski definition) is 1. The standard InChI is InChI=1S/C12H10Cl2O2/c13-9-2-1-3-10(14)12(9)11(15)6-8-4-5-16-7-8/h1-5,7,11,15H,6H2. The van der Waals surface area contributed by atoms with Gasteiger partial charge in [0.1, 0.15) is 0 Å². The minimum absolute atomic E-state index is 0.431. The number of aliphatic hydroxyl groups is 1. The first-order valence-electron chi connectivity index (χ1n) is 4.81. The van der Waals surface area contributed by atoms with E-state index in [2.05, 4.69) is 0 Å². The fourth-order valence-electron chi connectivity index (χ4n) is 1.56. The summed E-state index contributed by atoms with van der Waals surface area (Å²) in [5, 5.41) is 11.0. The Balaban J connectivity index is 2.24. The average Bonchev–Trinajstić information content (AvgIpc) is 2.70. The van der Waals surface area contributed by atoms with Gasteiger partial charge in [0.05, 0.1) is 18.6 Å². The lowest BCUT2D eigenvalue weighted by Crippen LogP contribution is -2.02. The number of halogens is 2. The Morgan fingerprint density at radius 2 is 1.88 bits per heavy atom. The summed E-state index contributed by atoms with van der Waals surface area (Å²) < 4.78 is 4.93. The van der Waals surface area contributed by atoms with Crippen molar-refractivity contribution in [2.45, 2.75) is 12.5 Å². The van der Waals surface area contributed by atoms with Crippen molar-refractivity contribution in [3.63, 3.8) is 0 Å². The molecule has 0 saturated carbocycles. The lowest BCUT2D eigenvalue weighted by molar-refractivity contribution is 0.178.